The molecule has 1 rings (SSSR count). The molecule has 4 nitrogen and oxygen atoms in total. The maximum Gasteiger partial charge on any atom is 0.212 e. The van der Waals surface area contributed by atoms with Crippen molar-refractivity contribution in [1.29, 1.82) is 0 Å². The SMILES string of the molecule is CC(C)CS(=O)(=O)N[C@@H](CO)c1ccccc1. The lowest BCUT2D eigenvalue weighted by Gasteiger charge is -2.17. The highest BCUT2D eigenvalue weighted by Crippen LogP contribution is 2.13. The first-order valence-electron chi connectivity index (χ1n) is 5.60. The van der Waals surface area contributed by atoms with Gasteiger partial charge < -0.3 is 5.11 Å². The molecule has 0 spiro atoms. The molecular weight excluding hydrogens is 238 g/mol. The van der Waals surface area contributed by atoms with E-state index >= 15 is 0 Å². The molecule has 0 saturated carbocycles. The van der Waals surface area contributed by atoms with Gasteiger partial charge in [-0.2, -0.15) is 0 Å². The molecule has 0 bridgehead atoms. The molecule has 17 heavy (non-hydrogen) atoms. The van der Waals surface area contributed by atoms with Crippen LogP contribution in [0, 0.1) is 5.92 Å². The van der Waals surface area contributed by atoms with Crippen LogP contribution in [0.2, 0.25) is 0 Å². The fourth-order valence-corrected chi connectivity index (χ4v) is 3.22. The Balaban J connectivity index is 2.78. The monoisotopic (exact) mass is 257 g/mol. The second kappa shape index (κ2) is 6.14. The molecule has 1 aromatic rings. The molecule has 0 radical (unpaired) electrons. The molecule has 0 aliphatic carbocycles. The summed E-state index contributed by atoms with van der Waals surface area (Å²) in [5.74, 6) is 0.124. The fourth-order valence-electron chi connectivity index (χ4n) is 1.60. The predicted molar refractivity (Wildman–Crippen MR) is 68.0 cm³/mol. The lowest BCUT2D eigenvalue weighted by molar-refractivity contribution is 0.258. The van der Waals surface area contributed by atoms with Crippen molar-refractivity contribution in [2.24, 2.45) is 5.92 Å². The van der Waals surface area contributed by atoms with Crippen molar-refractivity contribution in [2.75, 3.05) is 12.4 Å². The Morgan fingerprint density at radius 2 is 1.82 bits per heavy atom. The van der Waals surface area contributed by atoms with E-state index in [0.717, 1.165) is 5.56 Å². The Morgan fingerprint density at radius 1 is 1.24 bits per heavy atom. The van der Waals surface area contributed by atoms with Crippen LogP contribution in [-0.2, 0) is 10.0 Å². The summed E-state index contributed by atoms with van der Waals surface area (Å²) in [4.78, 5) is 0. The minimum absolute atomic E-state index is 0.0580. The van der Waals surface area contributed by atoms with E-state index in [4.69, 9.17) is 0 Å². The minimum Gasteiger partial charge on any atom is -0.394 e. The number of hydrogen-bond donors (Lipinski definition) is 2. The van der Waals surface area contributed by atoms with Gasteiger partial charge in [0.15, 0.2) is 0 Å². The average molecular weight is 257 g/mol. The Labute approximate surface area is 103 Å². The Bertz CT molecular complexity index is 428. The third kappa shape index (κ3) is 4.85. The lowest BCUT2D eigenvalue weighted by Crippen LogP contribution is -2.34. The van der Waals surface area contributed by atoms with Gasteiger partial charge in [0, 0.05) is 0 Å². The highest BCUT2D eigenvalue weighted by Gasteiger charge is 2.19. The van der Waals surface area contributed by atoms with Crippen molar-refractivity contribution in [3.8, 4) is 0 Å². The van der Waals surface area contributed by atoms with Crippen LogP contribution < -0.4 is 4.72 Å². The Morgan fingerprint density at radius 3 is 2.29 bits per heavy atom. The molecule has 0 heterocycles. The molecule has 0 amide bonds. The van der Waals surface area contributed by atoms with E-state index in [1.807, 2.05) is 32.0 Å². The van der Waals surface area contributed by atoms with Crippen LogP contribution in [0.5, 0.6) is 0 Å². The highest BCUT2D eigenvalue weighted by molar-refractivity contribution is 7.89. The molecule has 0 fully saturated rings. The topological polar surface area (TPSA) is 66.4 Å². The number of rotatable bonds is 6. The highest BCUT2D eigenvalue weighted by atomic mass is 32.2. The summed E-state index contributed by atoms with van der Waals surface area (Å²) in [6.07, 6.45) is 0. The fraction of sp³-hybridized carbons (Fsp3) is 0.500. The van der Waals surface area contributed by atoms with Gasteiger partial charge in [0.05, 0.1) is 18.4 Å². The summed E-state index contributed by atoms with van der Waals surface area (Å²) >= 11 is 0. The quantitative estimate of drug-likeness (QED) is 0.807. The zero-order chi connectivity index (χ0) is 12.9. The molecule has 5 heteroatoms. The second-order valence-electron chi connectivity index (χ2n) is 4.44. The second-order valence-corrected chi connectivity index (χ2v) is 6.24. The molecule has 96 valence electrons. The lowest BCUT2D eigenvalue weighted by atomic mass is 10.1. The van der Waals surface area contributed by atoms with E-state index in [1.54, 1.807) is 12.1 Å². The smallest absolute Gasteiger partial charge is 0.212 e. The van der Waals surface area contributed by atoms with Crippen LogP contribution in [0.15, 0.2) is 30.3 Å². The average Bonchev–Trinajstić information content (AvgIpc) is 2.25. The Kier molecular flexibility index (Phi) is 5.11. The zero-order valence-corrected chi connectivity index (χ0v) is 10.9. The van der Waals surface area contributed by atoms with Gasteiger partial charge in [0.1, 0.15) is 0 Å². The van der Waals surface area contributed by atoms with Crippen LogP contribution in [-0.4, -0.2) is 25.9 Å². The first kappa shape index (κ1) is 14.2. The van der Waals surface area contributed by atoms with Gasteiger partial charge in [-0.15, -0.1) is 0 Å². The van der Waals surface area contributed by atoms with Crippen molar-refractivity contribution in [1.82, 2.24) is 4.72 Å². The van der Waals surface area contributed by atoms with E-state index in [1.165, 1.54) is 0 Å². The summed E-state index contributed by atoms with van der Waals surface area (Å²) in [6.45, 7) is 3.44. The molecule has 1 atom stereocenters. The van der Waals surface area contributed by atoms with E-state index in [0.29, 0.717) is 0 Å². The van der Waals surface area contributed by atoms with Gasteiger partial charge in [-0.3, -0.25) is 0 Å². The summed E-state index contributed by atoms with van der Waals surface area (Å²) in [7, 11) is -3.35. The Hall–Kier alpha value is -0.910. The summed E-state index contributed by atoms with van der Waals surface area (Å²) < 4.78 is 26.0. The predicted octanol–water partition coefficient (Wildman–Crippen LogP) is 1.30. The molecule has 2 N–H and O–H groups in total. The standard InChI is InChI=1S/C12H19NO3S/c1-10(2)9-17(15,16)13-12(8-14)11-6-4-3-5-7-11/h3-7,10,12-14H,8-9H2,1-2H3/t12-/m0/s1. The van der Waals surface area contributed by atoms with E-state index in [9.17, 15) is 13.5 Å². The summed E-state index contributed by atoms with van der Waals surface area (Å²) in [5.41, 5.74) is 0.766. The van der Waals surface area contributed by atoms with Crippen LogP contribution in [0.1, 0.15) is 25.5 Å². The van der Waals surface area contributed by atoms with Crippen LogP contribution in [0.4, 0.5) is 0 Å². The van der Waals surface area contributed by atoms with Gasteiger partial charge >= 0.3 is 0 Å². The molecule has 0 aromatic heterocycles. The molecule has 0 unspecified atom stereocenters. The first-order valence-corrected chi connectivity index (χ1v) is 7.25. The number of aliphatic hydroxyl groups is 1. The zero-order valence-electron chi connectivity index (χ0n) is 10.1. The van der Waals surface area contributed by atoms with Gasteiger partial charge in [-0.05, 0) is 11.5 Å². The van der Waals surface area contributed by atoms with Crippen LogP contribution >= 0.6 is 0 Å². The van der Waals surface area contributed by atoms with Crippen molar-refractivity contribution in [2.45, 2.75) is 19.9 Å². The van der Waals surface area contributed by atoms with Crippen molar-refractivity contribution >= 4 is 10.0 Å². The molecular formula is C12H19NO3S. The number of sulfonamides is 1. The summed E-state index contributed by atoms with van der Waals surface area (Å²) in [5, 5.41) is 9.25. The molecule has 1 aromatic carbocycles. The van der Waals surface area contributed by atoms with Gasteiger partial charge in [0.25, 0.3) is 0 Å². The normalized spacial score (nSPS) is 13.9. The largest absolute Gasteiger partial charge is 0.394 e. The third-order valence-corrected chi connectivity index (χ3v) is 4.01. The van der Waals surface area contributed by atoms with E-state index in [2.05, 4.69) is 4.72 Å². The molecule has 0 aliphatic heterocycles. The number of aliphatic hydroxyl groups excluding tert-OH is 1. The number of nitrogens with one attached hydrogen (secondary N) is 1. The van der Waals surface area contributed by atoms with Crippen molar-refractivity contribution < 1.29 is 13.5 Å². The van der Waals surface area contributed by atoms with Crippen molar-refractivity contribution in [3.63, 3.8) is 0 Å². The summed E-state index contributed by atoms with van der Waals surface area (Å²) in [6, 6.07) is 8.49. The van der Waals surface area contributed by atoms with E-state index < -0.39 is 16.1 Å². The molecule has 0 aliphatic rings. The minimum atomic E-state index is -3.35. The molecule has 0 saturated heterocycles. The number of hydrogen-bond acceptors (Lipinski definition) is 3. The van der Waals surface area contributed by atoms with Crippen molar-refractivity contribution in [3.05, 3.63) is 35.9 Å². The first-order chi connectivity index (χ1) is 7.94. The maximum absolute atomic E-state index is 11.8. The van der Waals surface area contributed by atoms with Gasteiger partial charge in [-0.1, -0.05) is 44.2 Å². The van der Waals surface area contributed by atoms with E-state index in [-0.39, 0.29) is 18.3 Å². The van der Waals surface area contributed by atoms with Gasteiger partial charge in [0.2, 0.25) is 10.0 Å². The third-order valence-electron chi connectivity index (χ3n) is 2.26. The van der Waals surface area contributed by atoms with Crippen LogP contribution in [0.3, 0.4) is 0 Å². The van der Waals surface area contributed by atoms with Crippen LogP contribution in [0.25, 0.3) is 0 Å². The maximum atomic E-state index is 11.8. The number of benzene rings is 1. The van der Waals surface area contributed by atoms with Gasteiger partial charge in [-0.25, -0.2) is 13.1 Å².